The Morgan fingerprint density at radius 2 is 1.90 bits per heavy atom. The molecule has 120 valence electrons. The number of nitrogens with one attached hydrogen (secondary N) is 1. The summed E-state index contributed by atoms with van der Waals surface area (Å²) in [7, 11) is 0. The first-order chi connectivity index (χ1) is 10.1. The number of carbonyl (C=O) groups is 1. The smallest absolute Gasteiger partial charge is 0.225 e. The van der Waals surface area contributed by atoms with Crippen LogP contribution in [0.1, 0.15) is 46.0 Å². The molecule has 0 aromatic heterocycles. The number of amides is 1. The lowest BCUT2D eigenvalue weighted by atomic mass is 9.72. The number of carbonyl (C=O) groups excluding carboxylic acids is 1. The molecular weight excluding hydrogens is 262 g/mol. The second kappa shape index (κ2) is 6.25. The largest absolute Gasteiger partial charge is 0.341 e. The molecule has 0 aromatic carbocycles. The van der Waals surface area contributed by atoms with Crippen molar-refractivity contribution in [2.24, 2.45) is 11.3 Å². The van der Waals surface area contributed by atoms with Gasteiger partial charge >= 0.3 is 0 Å². The van der Waals surface area contributed by atoms with Gasteiger partial charge in [0.05, 0.1) is 0 Å². The molecule has 1 saturated carbocycles. The molecule has 0 radical (unpaired) electrons. The Bertz CT molecular complexity index is 376. The maximum Gasteiger partial charge on any atom is 0.225 e. The zero-order valence-corrected chi connectivity index (χ0v) is 13.7. The monoisotopic (exact) mass is 293 g/mol. The molecule has 1 aliphatic carbocycles. The van der Waals surface area contributed by atoms with Crippen molar-refractivity contribution in [1.29, 1.82) is 0 Å². The summed E-state index contributed by atoms with van der Waals surface area (Å²) >= 11 is 0. The van der Waals surface area contributed by atoms with Crippen LogP contribution in [-0.4, -0.2) is 61.0 Å². The van der Waals surface area contributed by atoms with Gasteiger partial charge in [0.2, 0.25) is 5.91 Å². The molecule has 2 heterocycles. The Morgan fingerprint density at radius 3 is 2.62 bits per heavy atom. The van der Waals surface area contributed by atoms with Crippen molar-refractivity contribution in [3.63, 3.8) is 0 Å². The lowest BCUT2D eigenvalue weighted by Gasteiger charge is -2.36. The molecule has 2 aliphatic heterocycles. The summed E-state index contributed by atoms with van der Waals surface area (Å²) in [6, 6.07) is 0.604. The van der Waals surface area contributed by atoms with Gasteiger partial charge in [-0.2, -0.15) is 0 Å². The third kappa shape index (κ3) is 3.59. The maximum atomic E-state index is 12.8. The first-order valence-electron chi connectivity index (χ1n) is 8.79. The Balaban J connectivity index is 1.54. The van der Waals surface area contributed by atoms with Crippen molar-refractivity contribution in [1.82, 2.24) is 15.1 Å². The topological polar surface area (TPSA) is 35.6 Å². The van der Waals surface area contributed by atoms with Crippen molar-refractivity contribution < 1.29 is 4.79 Å². The summed E-state index contributed by atoms with van der Waals surface area (Å²) in [5, 5.41) is 3.41. The minimum Gasteiger partial charge on any atom is -0.341 e. The van der Waals surface area contributed by atoms with E-state index in [1.165, 1.54) is 19.3 Å². The molecule has 3 rings (SSSR count). The van der Waals surface area contributed by atoms with Gasteiger partial charge in [-0.3, -0.25) is 9.69 Å². The lowest BCUT2D eigenvalue weighted by Crippen LogP contribution is -2.49. The second-order valence-corrected chi connectivity index (χ2v) is 7.97. The van der Waals surface area contributed by atoms with E-state index in [9.17, 15) is 4.79 Å². The molecule has 3 aliphatic rings. The molecule has 0 aromatic rings. The van der Waals surface area contributed by atoms with E-state index in [-0.39, 0.29) is 5.92 Å². The number of piperazine rings is 1. The van der Waals surface area contributed by atoms with Gasteiger partial charge in [0.1, 0.15) is 0 Å². The average molecular weight is 293 g/mol. The van der Waals surface area contributed by atoms with E-state index >= 15 is 0 Å². The summed E-state index contributed by atoms with van der Waals surface area (Å²) in [5.74, 6) is 0.732. The molecular formula is C17H31N3O. The molecule has 2 unspecified atom stereocenters. The molecule has 0 bridgehead atoms. The summed E-state index contributed by atoms with van der Waals surface area (Å²) in [6.45, 7) is 11.1. The molecule has 2 atom stereocenters. The molecule has 3 fully saturated rings. The van der Waals surface area contributed by atoms with Crippen molar-refractivity contribution in [2.45, 2.75) is 52.0 Å². The molecule has 1 N–H and O–H groups in total. The van der Waals surface area contributed by atoms with Gasteiger partial charge in [-0.15, -0.1) is 0 Å². The standard InChI is InChI=1S/C17H31N3O/c1-17(2)6-3-4-14(12-17)16(21)20-9-5-15(13-20)19-10-7-18-8-11-19/h14-15,18H,3-13H2,1-2H3. The van der Waals surface area contributed by atoms with E-state index in [0.29, 0.717) is 17.4 Å². The van der Waals surface area contributed by atoms with Gasteiger partial charge < -0.3 is 10.2 Å². The molecule has 21 heavy (non-hydrogen) atoms. The van der Waals surface area contributed by atoms with Crippen molar-refractivity contribution in [3.8, 4) is 0 Å². The third-order valence-electron chi connectivity index (χ3n) is 5.70. The van der Waals surface area contributed by atoms with Crippen molar-refractivity contribution in [2.75, 3.05) is 39.3 Å². The summed E-state index contributed by atoms with van der Waals surface area (Å²) in [4.78, 5) is 17.6. The van der Waals surface area contributed by atoms with E-state index in [2.05, 4.69) is 29.0 Å². The minimum absolute atomic E-state index is 0.288. The fourth-order valence-electron chi connectivity index (χ4n) is 4.45. The maximum absolute atomic E-state index is 12.8. The van der Waals surface area contributed by atoms with Crippen LogP contribution in [0.3, 0.4) is 0 Å². The highest BCUT2D eigenvalue weighted by Crippen LogP contribution is 2.39. The highest BCUT2D eigenvalue weighted by Gasteiger charge is 2.37. The summed E-state index contributed by atoms with van der Waals surface area (Å²) in [6.07, 6.45) is 5.86. The van der Waals surface area contributed by atoms with Gasteiger partial charge in [0.15, 0.2) is 0 Å². The first-order valence-corrected chi connectivity index (χ1v) is 8.79. The first kappa shape index (κ1) is 15.3. The van der Waals surface area contributed by atoms with Crippen LogP contribution in [0, 0.1) is 11.3 Å². The molecule has 2 saturated heterocycles. The van der Waals surface area contributed by atoms with Crippen LogP contribution in [0.4, 0.5) is 0 Å². The SMILES string of the molecule is CC1(C)CCCC(C(=O)N2CCC(N3CCNCC3)C2)C1. The number of hydrogen-bond acceptors (Lipinski definition) is 3. The van der Waals surface area contributed by atoms with Crippen LogP contribution < -0.4 is 5.32 Å². The van der Waals surface area contributed by atoms with Crippen LogP contribution in [0.2, 0.25) is 0 Å². The number of likely N-dealkylation sites (tertiary alicyclic amines) is 1. The van der Waals surface area contributed by atoms with Gasteiger partial charge in [-0.1, -0.05) is 20.3 Å². The quantitative estimate of drug-likeness (QED) is 0.842. The predicted molar refractivity (Wildman–Crippen MR) is 85.2 cm³/mol. The number of hydrogen-bond donors (Lipinski definition) is 1. The van der Waals surface area contributed by atoms with Gasteiger partial charge in [0.25, 0.3) is 0 Å². The van der Waals surface area contributed by atoms with E-state index in [1.807, 2.05) is 0 Å². The Hall–Kier alpha value is -0.610. The van der Waals surface area contributed by atoms with Gasteiger partial charge in [0, 0.05) is 51.2 Å². The van der Waals surface area contributed by atoms with E-state index < -0.39 is 0 Å². The molecule has 1 amide bonds. The van der Waals surface area contributed by atoms with Crippen LogP contribution in [0.15, 0.2) is 0 Å². The summed E-state index contributed by atoms with van der Waals surface area (Å²) < 4.78 is 0. The molecule has 4 nitrogen and oxygen atoms in total. The van der Waals surface area contributed by atoms with Crippen LogP contribution in [0.5, 0.6) is 0 Å². The summed E-state index contributed by atoms with van der Waals surface area (Å²) in [5.41, 5.74) is 0.357. The van der Waals surface area contributed by atoms with Gasteiger partial charge in [-0.25, -0.2) is 0 Å². The van der Waals surface area contributed by atoms with Gasteiger partial charge in [-0.05, 0) is 31.1 Å². The van der Waals surface area contributed by atoms with Crippen molar-refractivity contribution in [3.05, 3.63) is 0 Å². The van der Waals surface area contributed by atoms with E-state index in [4.69, 9.17) is 0 Å². The Kier molecular flexibility index (Phi) is 4.55. The van der Waals surface area contributed by atoms with Crippen LogP contribution in [-0.2, 0) is 4.79 Å². The highest BCUT2D eigenvalue weighted by atomic mass is 16.2. The lowest BCUT2D eigenvalue weighted by molar-refractivity contribution is -0.137. The average Bonchev–Trinajstić information content (AvgIpc) is 2.96. The second-order valence-electron chi connectivity index (χ2n) is 7.97. The van der Waals surface area contributed by atoms with E-state index in [0.717, 1.165) is 52.1 Å². The Labute approximate surface area is 129 Å². The highest BCUT2D eigenvalue weighted by molar-refractivity contribution is 5.79. The van der Waals surface area contributed by atoms with Crippen LogP contribution >= 0.6 is 0 Å². The molecule has 0 spiro atoms. The fraction of sp³-hybridized carbons (Fsp3) is 0.941. The minimum atomic E-state index is 0.288. The zero-order valence-electron chi connectivity index (χ0n) is 13.7. The Morgan fingerprint density at radius 1 is 1.14 bits per heavy atom. The number of nitrogens with zero attached hydrogens (tertiary/aromatic N) is 2. The normalized spacial score (nSPS) is 34.1. The zero-order chi connectivity index (χ0) is 14.9. The molecule has 4 heteroatoms. The van der Waals surface area contributed by atoms with Crippen molar-refractivity contribution >= 4 is 5.91 Å². The number of rotatable bonds is 2. The predicted octanol–water partition coefficient (Wildman–Crippen LogP) is 1.71. The van der Waals surface area contributed by atoms with Crippen LogP contribution in [0.25, 0.3) is 0 Å². The fourth-order valence-corrected chi connectivity index (χ4v) is 4.45. The van der Waals surface area contributed by atoms with E-state index in [1.54, 1.807) is 0 Å². The third-order valence-corrected chi connectivity index (χ3v) is 5.70.